The van der Waals surface area contributed by atoms with Crippen molar-refractivity contribution in [2.75, 3.05) is 26.2 Å². The summed E-state index contributed by atoms with van der Waals surface area (Å²) in [4.78, 5) is 36.4. The van der Waals surface area contributed by atoms with Crippen LogP contribution in [0, 0.1) is 5.41 Å². The number of aromatic nitrogens is 3. The van der Waals surface area contributed by atoms with Crippen LogP contribution in [0.2, 0.25) is 0 Å². The summed E-state index contributed by atoms with van der Waals surface area (Å²) in [6.07, 6.45) is -5.19. The van der Waals surface area contributed by atoms with Gasteiger partial charge in [-0.15, -0.1) is 0 Å². The Morgan fingerprint density at radius 2 is 1.29 bits per heavy atom. The molecule has 11 nitrogen and oxygen atoms in total. The number of pyridine rings is 1. The van der Waals surface area contributed by atoms with E-state index in [4.69, 9.17) is 29.7 Å². The Balaban J connectivity index is 0.000000396. The highest BCUT2D eigenvalue weighted by Gasteiger charge is 2.42. The molecular weight excluding hydrogens is 637 g/mol. The van der Waals surface area contributed by atoms with Crippen molar-refractivity contribution >= 4 is 17.9 Å². The molecule has 2 aliphatic rings. The third kappa shape index (κ3) is 15.1. The van der Waals surface area contributed by atoms with E-state index in [9.17, 15) is 39.5 Å². The fraction of sp³-hybridized carbons (Fsp3) is 0.560. The molecule has 45 heavy (non-hydrogen) atoms. The van der Waals surface area contributed by atoms with Crippen LogP contribution in [-0.2, 0) is 34.5 Å². The van der Waals surface area contributed by atoms with Crippen molar-refractivity contribution in [1.29, 1.82) is 0 Å². The summed E-state index contributed by atoms with van der Waals surface area (Å²) in [6, 6.07) is 6.22. The number of rotatable bonds is 4. The number of carboxylic acids is 3. The quantitative estimate of drug-likeness (QED) is 0.405. The molecule has 0 aromatic carbocycles. The molecular formula is C25H30F9N5O6. The second kappa shape index (κ2) is 16.4. The van der Waals surface area contributed by atoms with Gasteiger partial charge < -0.3 is 15.3 Å². The molecule has 4 rings (SSSR count). The average molecular weight is 668 g/mol. The minimum atomic E-state index is -5.08. The minimum absolute atomic E-state index is 0.481. The van der Waals surface area contributed by atoms with Gasteiger partial charge in [-0.1, -0.05) is 6.07 Å². The fourth-order valence-electron chi connectivity index (χ4n) is 4.47. The molecule has 1 atom stereocenters. The molecule has 0 radical (unpaired) electrons. The Morgan fingerprint density at radius 3 is 1.69 bits per heavy atom. The van der Waals surface area contributed by atoms with Crippen LogP contribution in [0.25, 0.3) is 0 Å². The third-order valence-corrected chi connectivity index (χ3v) is 6.26. The van der Waals surface area contributed by atoms with E-state index < -0.39 is 36.4 Å². The molecule has 2 aromatic rings. The molecule has 4 heterocycles. The van der Waals surface area contributed by atoms with E-state index in [0.29, 0.717) is 5.41 Å². The van der Waals surface area contributed by atoms with E-state index in [1.54, 1.807) is 0 Å². The molecule has 20 heteroatoms. The topological polar surface area (TPSA) is 149 Å². The predicted molar refractivity (Wildman–Crippen MR) is 135 cm³/mol. The maximum atomic E-state index is 10.6. The van der Waals surface area contributed by atoms with Crippen LogP contribution in [-0.4, -0.2) is 102 Å². The highest BCUT2D eigenvalue weighted by molar-refractivity contribution is 5.73. The molecule has 2 aromatic heterocycles. The molecule has 254 valence electrons. The highest BCUT2D eigenvalue weighted by Crippen LogP contribution is 2.39. The average Bonchev–Trinajstić information content (AvgIpc) is 3.49. The number of alkyl halides is 9. The lowest BCUT2D eigenvalue weighted by molar-refractivity contribution is -0.193. The van der Waals surface area contributed by atoms with Gasteiger partial charge in [-0.2, -0.15) is 44.6 Å². The van der Waals surface area contributed by atoms with Crippen molar-refractivity contribution in [2.45, 2.75) is 50.9 Å². The van der Waals surface area contributed by atoms with Gasteiger partial charge in [0.15, 0.2) is 0 Å². The number of carboxylic acid groups (broad SMARTS) is 3. The summed E-state index contributed by atoms with van der Waals surface area (Å²) in [5.41, 5.74) is 3.00. The van der Waals surface area contributed by atoms with Gasteiger partial charge in [0.05, 0.1) is 11.9 Å². The summed E-state index contributed by atoms with van der Waals surface area (Å²) in [5.74, 6) is -8.27. The monoisotopic (exact) mass is 667 g/mol. The van der Waals surface area contributed by atoms with E-state index >= 15 is 0 Å². The van der Waals surface area contributed by atoms with Gasteiger partial charge in [-0.25, -0.2) is 14.4 Å². The van der Waals surface area contributed by atoms with E-state index in [2.05, 4.69) is 38.2 Å². The Bertz CT molecular complexity index is 1180. The van der Waals surface area contributed by atoms with Crippen LogP contribution in [0.1, 0.15) is 30.5 Å². The molecule has 2 aliphatic heterocycles. The fourth-order valence-corrected chi connectivity index (χ4v) is 4.47. The van der Waals surface area contributed by atoms with Gasteiger partial charge in [-0.05, 0) is 49.9 Å². The smallest absolute Gasteiger partial charge is 0.475 e. The number of nitrogens with zero attached hydrogens (tertiary/aromatic N) is 5. The molecule has 3 N–H and O–H groups in total. The predicted octanol–water partition coefficient (Wildman–Crippen LogP) is 4.20. The summed E-state index contributed by atoms with van der Waals surface area (Å²) >= 11 is 0. The number of halogens is 9. The maximum absolute atomic E-state index is 10.6. The van der Waals surface area contributed by atoms with E-state index in [1.807, 2.05) is 30.2 Å². The third-order valence-electron chi connectivity index (χ3n) is 6.26. The molecule has 0 saturated carbocycles. The van der Waals surface area contributed by atoms with Crippen LogP contribution in [0.3, 0.4) is 0 Å². The van der Waals surface area contributed by atoms with Gasteiger partial charge in [0, 0.05) is 51.2 Å². The second-order valence-electron chi connectivity index (χ2n) is 10.0. The molecule has 0 bridgehead atoms. The van der Waals surface area contributed by atoms with Gasteiger partial charge in [-0.3, -0.25) is 19.5 Å². The Labute approximate surface area is 249 Å². The van der Waals surface area contributed by atoms with Crippen LogP contribution in [0.5, 0.6) is 0 Å². The lowest BCUT2D eigenvalue weighted by Gasteiger charge is -2.40. The van der Waals surface area contributed by atoms with E-state index in [1.165, 1.54) is 56.7 Å². The van der Waals surface area contributed by atoms with E-state index in [0.717, 1.165) is 13.1 Å². The highest BCUT2D eigenvalue weighted by atomic mass is 19.4. The number of piperidine rings is 1. The maximum Gasteiger partial charge on any atom is 0.490 e. The van der Waals surface area contributed by atoms with Gasteiger partial charge in [0.25, 0.3) is 0 Å². The minimum Gasteiger partial charge on any atom is -0.475 e. The zero-order chi connectivity index (χ0) is 34.6. The Hall–Kier alpha value is -3.94. The number of aryl methyl sites for hydroxylation is 1. The van der Waals surface area contributed by atoms with Crippen molar-refractivity contribution in [2.24, 2.45) is 12.5 Å². The molecule has 1 spiro atoms. The number of hydrogen-bond donors (Lipinski definition) is 3. The van der Waals surface area contributed by atoms with Crippen LogP contribution in [0.4, 0.5) is 39.5 Å². The number of hydrogen-bond acceptors (Lipinski definition) is 7. The van der Waals surface area contributed by atoms with Gasteiger partial charge in [0.1, 0.15) is 0 Å². The summed E-state index contributed by atoms with van der Waals surface area (Å²) in [7, 11) is 1.99. The Morgan fingerprint density at radius 1 is 0.800 bits per heavy atom. The van der Waals surface area contributed by atoms with Crippen molar-refractivity contribution in [1.82, 2.24) is 24.6 Å². The van der Waals surface area contributed by atoms with Crippen molar-refractivity contribution in [3.8, 4) is 0 Å². The largest absolute Gasteiger partial charge is 0.490 e. The molecule has 0 amide bonds. The van der Waals surface area contributed by atoms with Crippen molar-refractivity contribution < 1.29 is 69.2 Å². The molecule has 2 saturated heterocycles. The summed E-state index contributed by atoms with van der Waals surface area (Å²) in [5, 5.41) is 25.7. The first-order chi connectivity index (χ1) is 20.5. The molecule has 0 aliphatic carbocycles. The van der Waals surface area contributed by atoms with Gasteiger partial charge in [0.2, 0.25) is 0 Å². The standard InChI is InChI=1S/C19H27N5.3C2HF3O2/c1-22-12-17(11-21-22)13-23-9-4-6-19(15-23)7-10-24(16-19)14-18-5-2-3-8-20-18;3*3-2(4,5)1(6)7/h2-3,5,8,11-12H,4,6-7,9-10,13-16H2,1H3;3*(H,6,7). The van der Waals surface area contributed by atoms with Crippen LogP contribution < -0.4 is 0 Å². The first-order valence-electron chi connectivity index (χ1n) is 12.8. The first-order valence-corrected chi connectivity index (χ1v) is 12.8. The van der Waals surface area contributed by atoms with Crippen LogP contribution in [0.15, 0.2) is 36.8 Å². The number of carbonyl (C=O) groups is 3. The number of aliphatic carboxylic acids is 3. The van der Waals surface area contributed by atoms with Crippen LogP contribution >= 0.6 is 0 Å². The Kier molecular flexibility index (Phi) is 14.2. The lowest BCUT2D eigenvalue weighted by atomic mass is 9.79. The van der Waals surface area contributed by atoms with Crippen molar-refractivity contribution in [3.05, 3.63) is 48.0 Å². The summed E-state index contributed by atoms with van der Waals surface area (Å²) < 4.78 is 97.1. The van der Waals surface area contributed by atoms with Crippen molar-refractivity contribution in [3.63, 3.8) is 0 Å². The SMILES string of the molecule is Cn1cc(CN2CCCC3(CCN(Cc4ccccn4)C3)C2)cn1.O=C(O)C(F)(F)F.O=C(O)C(F)(F)F.O=C(O)C(F)(F)F. The first kappa shape index (κ1) is 39.1. The summed E-state index contributed by atoms with van der Waals surface area (Å²) in [6.45, 7) is 6.89. The second-order valence-corrected chi connectivity index (χ2v) is 10.0. The zero-order valence-electron chi connectivity index (χ0n) is 23.5. The molecule has 1 unspecified atom stereocenters. The molecule has 2 fully saturated rings. The normalized spacial score (nSPS) is 18.9. The lowest BCUT2D eigenvalue weighted by Crippen LogP contribution is -2.44. The van der Waals surface area contributed by atoms with Gasteiger partial charge >= 0.3 is 36.4 Å². The zero-order valence-corrected chi connectivity index (χ0v) is 23.5. The van der Waals surface area contributed by atoms with E-state index in [-0.39, 0.29) is 0 Å². The number of likely N-dealkylation sites (tertiary alicyclic amines) is 2.